The van der Waals surface area contributed by atoms with E-state index < -0.39 is 39.8 Å². The SMILES string of the molecule is O=S(=O)(c1cccc(F)c1)N1CC(OC(c2ccc(Cl)cc2)c2ccccc2C(F)(F)F)C1. The Morgan fingerprint density at radius 1 is 0.970 bits per heavy atom. The van der Waals surface area contributed by atoms with E-state index in [2.05, 4.69) is 0 Å². The van der Waals surface area contributed by atoms with Gasteiger partial charge in [-0.25, -0.2) is 12.8 Å². The molecule has 0 amide bonds. The summed E-state index contributed by atoms with van der Waals surface area (Å²) in [4.78, 5) is -0.197. The summed E-state index contributed by atoms with van der Waals surface area (Å²) in [6.07, 6.45) is -6.35. The number of nitrogens with zero attached hydrogens (tertiary/aromatic N) is 1. The molecule has 0 aliphatic carbocycles. The average Bonchev–Trinajstić information content (AvgIpc) is 2.73. The number of hydrogen-bond donors (Lipinski definition) is 0. The zero-order valence-corrected chi connectivity index (χ0v) is 18.5. The van der Waals surface area contributed by atoms with Gasteiger partial charge in [0.1, 0.15) is 11.9 Å². The van der Waals surface area contributed by atoms with Crippen molar-refractivity contribution < 1.29 is 30.7 Å². The number of alkyl halides is 3. The van der Waals surface area contributed by atoms with Crippen molar-refractivity contribution in [2.24, 2.45) is 0 Å². The van der Waals surface area contributed by atoms with Crippen molar-refractivity contribution in [2.75, 3.05) is 13.1 Å². The molecule has 3 aromatic rings. The van der Waals surface area contributed by atoms with E-state index in [-0.39, 0.29) is 23.5 Å². The zero-order valence-electron chi connectivity index (χ0n) is 17.0. The van der Waals surface area contributed by atoms with Crippen molar-refractivity contribution in [3.63, 3.8) is 0 Å². The van der Waals surface area contributed by atoms with E-state index in [9.17, 15) is 26.0 Å². The van der Waals surface area contributed by atoms with Gasteiger partial charge < -0.3 is 4.74 Å². The van der Waals surface area contributed by atoms with Crippen LogP contribution in [0.15, 0.2) is 77.7 Å². The first kappa shape index (κ1) is 23.7. The predicted octanol–water partition coefficient (Wildman–Crippen LogP) is 5.68. The molecule has 0 N–H and O–H groups in total. The fourth-order valence-corrected chi connectivity index (χ4v) is 5.27. The van der Waals surface area contributed by atoms with E-state index in [4.69, 9.17) is 16.3 Å². The fourth-order valence-electron chi connectivity index (χ4n) is 3.60. The fraction of sp³-hybridized carbons (Fsp3) is 0.217. The molecule has 0 saturated carbocycles. The van der Waals surface area contributed by atoms with Crippen LogP contribution in [-0.2, 0) is 20.9 Å². The second-order valence-electron chi connectivity index (χ2n) is 7.55. The van der Waals surface area contributed by atoms with Crippen LogP contribution in [0.3, 0.4) is 0 Å². The number of hydrogen-bond acceptors (Lipinski definition) is 3. The van der Waals surface area contributed by atoms with Crippen molar-refractivity contribution in [1.29, 1.82) is 0 Å². The molecule has 33 heavy (non-hydrogen) atoms. The minimum Gasteiger partial charge on any atom is -0.363 e. The maximum atomic E-state index is 13.7. The molecule has 1 atom stereocenters. The minimum absolute atomic E-state index is 0.0723. The van der Waals surface area contributed by atoms with E-state index in [0.29, 0.717) is 10.6 Å². The monoisotopic (exact) mass is 499 g/mol. The Hall–Kier alpha value is -2.46. The van der Waals surface area contributed by atoms with E-state index in [1.807, 2.05) is 0 Å². The van der Waals surface area contributed by atoms with E-state index in [1.165, 1.54) is 30.3 Å². The quantitative estimate of drug-likeness (QED) is 0.410. The van der Waals surface area contributed by atoms with E-state index in [1.54, 1.807) is 24.3 Å². The van der Waals surface area contributed by atoms with E-state index >= 15 is 0 Å². The van der Waals surface area contributed by atoms with Crippen LogP contribution in [-0.4, -0.2) is 31.9 Å². The second kappa shape index (κ2) is 9.06. The Labute approximate surface area is 193 Å². The number of ether oxygens (including phenoxy) is 1. The lowest BCUT2D eigenvalue weighted by Gasteiger charge is -2.40. The van der Waals surface area contributed by atoms with Crippen LogP contribution < -0.4 is 0 Å². The maximum Gasteiger partial charge on any atom is 0.416 e. The highest BCUT2D eigenvalue weighted by molar-refractivity contribution is 7.89. The topological polar surface area (TPSA) is 46.6 Å². The Morgan fingerprint density at radius 2 is 1.64 bits per heavy atom. The predicted molar refractivity (Wildman–Crippen MR) is 115 cm³/mol. The molecule has 0 aromatic heterocycles. The third-order valence-corrected chi connectivity index (χ3v) is 7.38. The molecular formula is C23H18ClF4NO3S. The number of sulfonamides is 1. The summed E-state index contributed by atoms with van der Waals surface area (Å²) in [5.41, 5.74) is -0.477. The molecule has 3 aromatic carbocycles. The highest BCUT2D eigenvalue weighted by Gasteiger charge is 2.41. The van der Waals surface area contributed by atoms with Gasteiger partial charge in [0.2, 0.25) is 10.0 Å². The molecule has 10 heteroatoms. The van der Waals surface area contributed by atoms with Gasteiger partial charge in [-0.3, -0.25) is 0 Å². The van der Waals surface area contributed by atoms with Crippen LogP contribution in [0.1, 0.15) is 22.8 Å². The van der Waals surface area contributed by atoms with Gasteiger partial charge in [0.05, 0.1) is 16.6 Å². The van der Waals surface area contributed by atoms with Crippen molar-refractivity contribution in [3.8, 4) is 0 Å². The third kappa shape index (κ3) is 5.06. The third-order valence-electron chi connectivity index (χ3n) is 5.30. The van der Waals surface area contributed by atoms with Gasteiger partial charge in [0.15, 0.2) is 0 Å². The molecule has 4 rings (SSSR count). The Kier molecular flexibility index (Phi) is 6.50. The molecule has 1 saturated heterocycles. The van der Waals surface area contributed by atoms with Crippen molar-refractivity contribution in [2.45, 2.75) is 23.3 Å². The number of benzene rings is 3. The molecule has 0 bridgehead atoms. The summed E-state index contributed by atoms with van der Waals surface area (Å²) in [6, 6.07) is 15.9. The smallest absolute Gasteiger partial charge is 0.363 e. The van der Waals surface area contributed by atoms with Gasteiger partial charge in [0.25, 0.3) is 0 Å². The van der Waals surface area contributed by atoms with Crippen LogP contribution in [0.5, 0.6) is 0 Å². The van der Waals surface area contributed by atoms with Crippen molar-refractivity contribution in [1.82, 2.24) is 4.31 Å². The van der Waals surface area contributed by atoms with Crippen LogP contribution in [0.4, 0.5) is 17.6 Å². The summed E-state index contributed by atoms with van der Waals surface area (Å²) < 4.78 is 87.0. The Balaban J connectivity index is 1.59. The molecular weight excluding hydrogens is 482 g/mol. The van der Waals surface area contributed by atoms with Crippen molar-refractivity contribution in [3.05, 3.63) is 100 Å². The molecule has 0 radical (unpaired) electrons. The van der Waals surface area contributed by atoms with Crippen LogP contribution in [0.25, 0.3) is 0 Å². The lowest BCUT2D eigenvalue weighted by Crippen LogP contribution is -2.54. The first-order valence-corrected chi connectivity index (χ1v) is 11.7. The lowest BCUT2D eigenvalue weighted by atomic mass is 9.96. The van der Waals surface area contributed by atoms with Gasteiger partial charge in [0, 0.05) is 18.1 Å². The van der Waals surface area contributed by atoms with Gasteiger partial charge in [-0.2, -0.15) is 17.5 Å². The molecule has 1 heterocycles. The highest BCUT2D eigenvalue weighted by atomic mass is 35.5. The molecule has 174 valence electrons. The van der Waals surface area contributed by atoms with Gasteiger partial charge in [-0.1, -0.05) is 48.0 Å². The highest BCUT2D eigenvalue weighted by Crippen LogP contribution is 2.39. The van der Waals surface area contributed by atoms with Crippen LogP contribution in [0, 0.1) is 5.82 Å². The lowest BCUT2D eigenvalue weighted by molar-refractivity contribution is -0.140. The van der Waals surface area contributed by atoms with Gasteiger partial charge in [-0.05, 0) is 47.5 Å². The van der Waals surface area contributed by atoms with Gasteiger partial charge in [-0.15, -0.1) is 0 Å². The largest absolute Gasteiger partial charge is 0.416 e. The molecule has 1 aliphatic rings. The standard InChI is InChI=1S/C23H18ClF4NO3S/c24-16-10-8-15(9-11-16)22(20-6-1-2-7-21(20)23(26,27)28)32-18-13-29(14-18)33(30,31)19-5-3-4-17(25)12-19/h1-12,18,22H,13-14H2. The first-order valence-electron chi connectivity index (χ1n) is 9.88. The zero-order chi connectivity index (χ0) is 23.8. The Bertz CT molecular complexity index is 1240. The summed E-state index contributed by atoms with van der Waals surface area (Å²) in [5.74, 6) is -0.684. The summed E-state index contributed by atoms with van der Waals surface area (Å²) in [6.45, 7) is -0.145. The average molecular weight is 500 g/mol. The summed E-state index contributed by atoms with van der Waals surface area (Å²) in [5, 5.41) is 0.414. The van der Waals surface area contributed by atoms with Gasteiger partial charge >= 0.3 is 6.18 Å². The molecule has 1 unspecified atom stereocenters. The maximum absolute atomic E-state index is 13.7. The minimum atomic E-state index is -4.60. The second-order valence-corrected chi connectivity index (χ2v) is 9.93. The molecule has 0 spiro atoms. The summed E-state index contributed by atoms with van der Waals surface area (Å²) >= 11 is 5.93. The van der Waals surface area contributed by atoms with Crippen LogP contribution in [0.2, 0.25) is 5.02 Å². The molecule has 4 nitrogen and oxygen atoms in total. The normalized spacial score (nSPS) is 16.4. The van der Waals surface area contributed by atoms with Crippen molar-refractivity contribution >= 4 is 21.6 Å². The number of rotatable bonds is 6. The van der Waals surface area contributed by atoms with Crippen LogP contribution >= 0.6 is 11.6 Å². The molecule has 1 fully saturated rings. The summed E-state index contributed by atoms with van der Waals surface area (Å²) in [7, 11) is -3.94. The number of halogens is 5. The first-order chi connectivity index (χ1) is 15.6. The Morgan fingerprint density at radius 3 is 2.27 bits per heavy atom. The van der Waals surface area contributed by atoms with E-state index in [0.717, 1.165) is 22.5 Å². The molecule has 1 aliphatic heterocycles.